The van der Waals surface area contributed by atoms with Gasteiger partial charge in [0.05, 0.1) is 0 Å². The molecule has 1 aliphatic carbocycles. The zero-order valence-corrected chi connectivity index (χ0v) is 15.6. The van der Waals surface area contributed by atoms with Gasteiger partial charge in [-0.2, -0.15) is 4.31 Å². The van der Waals surface area contributed by atoms with Gasteiger partial charge in [-0.25, -0.2) is 8.42 Å². The third kappa shape index (κ3) is 4.07. The number of nitrogens with zero attached hydrogens (tertiary/aromatic N) is 2. The first-order valence-electron chi connectivity index (χ1n) is 9.11. The lowest BCUT2D eigenvalue weighted by Gasteiger charge is -2.26. The number of nitrogens with two attached hydrogens (primary N) is 1. The molecule has 1 saturated carbocycles. The van der Waals surface area contributed by atoms with Crippen LogP contribution in [0.4, 0.5) is 0 Å². The number of carbonyl (C=O) groups is 1. The summed E-state index contributed by atoms with van der Waals surface area (Å²) in [6.45, 7) is 1.11. The van der Waals surface area contributed by atoms with Crippen LogP contribution < -0.4 is 11.1 Å². The average molecular weight is 369 g/mol. The summed E-state index contributed by atoms with van der Waals surface area (Å²) < 4.78 is 28.7. The minimum atomic E-state index is -3.52. The van der Waals surface area contributed by atoms with Gasteiger partial charge in [-0.15, -0.1) is 0 Å². The highest BCUT2D eigenvalue weighted by molar-refractivity contribution is 7.89. The summed E-state index contributed by atoms with van der Waals surface area (Å²) in [5, 5.41) is 3.02. The normalized spacial score (nSPS) is 25.7. The van der Waals surface area contributed by atoms with Crippen LogP contribution in [0.5, 0.6) is 0 Å². The topological polar surface area (TPSA) is 97.4 Å². The summed E-state index contributed by atoms with van der Waals surface area (Å²) in [5.41, 5.74) is 6.28. The van der Waals surface area contributed by atoms with Crippen LogP contribution in [0.15, 0.2) is 17.2 Å². The molecular weight excluding hydrogens is 340 g/mol. The molecule has 3 N–H and O–H groups in total. The largest absolute Gasteiger partial charge is 0.348 e. The lowest BCUT2D eigenvalue weighted by atomic mass is 9.92. The summed E-state index contributed by atoms with van der Waals surface area (Å²) in [6, 6.07) is 1.84. The molecule has 2 aliphatic rings. The number of hydrogen-bond acceptors (Lipinski definition) is 4. The van der Waals surface area contributed by atoms with E-state index in [1.54, 1.807) is 11.6 Å². The third-order valence-corrected chi connectivity index (χ3v) is 7.14. The van der Waals surface area contributed by atoms with Gasteiger partial charge in [-0.05, 0) is 44.6 Å². The van der Waals surface area contributed by atoms with Crippen molar-refractivity contribution in [2.75, 3.05) is 13.1 Å². The van der Waals surface area contributed by atoms with Gasteiger partial charge in [-0.3, -0.25) is 4.79 Å². The second-order valence-corrected chi connectivity index (χ2v) is 9.16. The van der Waals surface area contributed by atoms with Crippen LogP contribution in [0.3, 0.4) is 0 Å². The fourth-order valence-corrected chi connectivity index (χ4v) is 5.27. The molecule has 1 saturated heterocycles. The fraction of sp³-hybridized carbons (Fsp3) is 0.706. The zero-order chi connectivity index (χ0) is 18.0. The number of sulfonamides is 1. The molecule has 0 atom stereocenters. The number of aryl methyl sites for hydroxylation is 1. The Kier molecular flexibility index (Phi) is 5.50. The van der Waals surface area contributed by atoms with Crippen LogP contribution in [0.1, 0.15) is 55.4 Å². The van der Waals surface area contributed by atoms with Gasteiger partial charge in [0, 0.05) is 38.4 Å². The molecule has 8 heteroatoms. The monoisotopic (exact) mass is 368 g/mol. The van der Waals surface area contributed by atoms with E-state index in [1.807, 2.05) is 0 Å². The first-order chi connectivity index (χ1) is 11.9. The molecule has 0 aromatic carbocycles. The van der Waals surface area contributed by atoms with Gasteiger partial charge in [0.2, 0.25) is 10.0 Å². The minimum absolute atomic E-state index is 0.115. The highest BCUT2D eigenvalue weighted by Gasteiger charge is 2.29. The van der Waals surface area contributed by atoms with E-state index in [0.717, 1.165) is 44.9 Å². The van der Waals surface area contributed by atoms with Crippen LogP contribution in [-0.2, 0) is 17.1 Å². The third-order valence-electron chi connectivity index (χ3n) is 5.27. The van der Waals surface area contributed by atoms with Gasteiger partial charge in [0.1, 0.15) is 10.6 Å². The van der Waals surface area contributed by atoms with Gasteiger partial charge < -0.3 is 15.6 Å². The molecule has 140 valence electrons. The number of rotatable bonds is 4. The van der Waals surface area contributed by atoms with Crippen molar-refractivity contribution in [1.82, 2.24) is 14.2 Å². The van der Waals surface area contributed by atoms with Crippen molar-refractivity contribution < 1.29 is 13.2 Å². The predicted molar refractivity (Wildman–Crippen MR) is 95.7 cm³/mol. The molecule has 3 rings (SSSR count). The van der Waals surface area contributed by atoms with Crippen molar-refractivity contribution in [3.63, 3.8) is 0 Å². The predicted octanol–water partition coefficient (Wildman–Crippen LogP) is 1.20. The summed E-state index contributed by atoms with van der Waals surface area (Å²) in [4.78, 5) is 12.8. The Bertz CT molecular complexity index is 714. The van der Waals surface area contributed by atoms with Gasteiger partial charge >= 0.3 is 0 Å². The number of hydrogen-bond donors (Lipinski definition) is 2. The number of aromatic nitrogens is 1. The van der Waals surface area contributed by atoms with E-state index in [0.29, 0.717) is 18.8 Å². The quantitative estimate of drug-likeness (QED) is 0.834. The number of carbonyl (C=O) groups excluding carboxylic acids is 1. The average Bonchev–Trinajstić information content (AvgIpc) is 3.00. The maximum Gasteiger partial charge on any atom is 0.268 e. The molecule has 0 radical (unpaired) electrons. The van der Waals surface area contributed by atoms with Crippen LogP contribution in [-0.4, -0.2) is 48.4 Å². The van der Waals surface area contributed by atoms with Crippen molar-refractivity contribution >= 4 is 15.9 Å². The van der Waals surface area contributed by atoms with Crippen LogP contribution >= 0.6 is 0 Å². The van der Waals surface area contributed by atoms with Crippen LogP contribution in [0, 0.1) is 0 Å². The maximum atomic E-state index is 12.8. The highest BCUT2D eigenvalue weighted by Crippen LogP contribution is 2.23. The molecule has 1 amide bonds. The first kappa shape index (κ1) is 18.4. The molecule has 7 nitrogen and oxygen atoms in total. The van der Waals surface area contributed by atoms with Crippen molar-refractivity contribution in [3.05, 3.63) is 18.0 Å². The molecule has 0 bridgehead atoms. The number of amides is 1. The van der Waals surface area contributed by atoms with Crippen molar-refractivity contribution in [2.45, 2.75) is 61.9 Å². The molecule has 1 aromatic heterocycles. The Morgan fingerprint density at radius 3 is 2.44 bits per heavy atom. The van der Waals surface area contributed by atoms with Crippen molar-refractivity contribution in [2.24, 2.45) is 12.8 Å². The van der Waals surface area contributed by atoms with Gasteiger partial charge in [-0.1, -0.05) is 6.42 Å². The zero-order valence-electron chi connectivity index (χ0n) is 14.8. The van der Waals surface area contributed by atoms with Gasteiger partial charge in [0.25, 0.3) is 5.91 Å². The number of nitrogens with one attached hydrogen (secondary N) is 1. The number of piperidine rings is 1. The molecule has 1 aliphatic heterocycles. The molecule has 0 spiro atoms. The lowest BCUT2D eigenvalue weighted by Crippen LogP contribution is -2.40. The minimum Gasteiger partial charge on any atom is -0.348 e. The fourth-order valence-electron chi connectivity index (χ4n) is 3.68. The Labute approximate surface area is 149 Å². The molecule has 2 heterocycles. The van der Waals surface area contributed by atoms with E-state index in [1.165, 1.54) is 16.6 Å². The van der Waals surface area contributed by atoms with Crippen LogP contribution in [0.2, 0.25) is 0 Å². The second-order valence-electron chi connectivity index (χ2n) is 7.22. The Balaban J connectivity index is 1.72. The summed E-state index contributed by atoms with van der Waals surface area (Å²) >= 11 is 0. The molecule has 2 fully saturated rings. The van der Waals surface area contributed by atoms with E-state index in [-0.39, 0.29) is 22.9 Å². The van der Waals surface area contributed by atoms with Crippen molar-refractivity contribution in [3.8, 4) is 0 Å². The van der Waals surface area contributed by atoms with E-state index >= 15 is 0 Å². The van der Waals surface area contributed by atoms with E-state index in [4.69, 9.17) is 5.73 Å². The standard InChI is InChI=1S/C17H28N4O3S/c1-20-12-15(25(23,24)21-9-3-2-4-10-21)11-16(20)17(22)19-14-7-5-13(18)6-8-14/h11-14H,2-10,18H2,1H3,(H,19,22). The molecule has 0 unspecified atom stereocenters. The van der Waals surface area contributed by atoms with Crippen LogP contribution in [0.25, 0.3) is 0 Å². The Hall–Kier alpha value is -1.38. The SMILES string of the molecule is Cn1cc(S(=O)(=O)N2CCCCC2)cc1C(=O)NC1CCC(N)CC1. The van der Waals surface area contributed by atoms with E-state index < -0.39 is 10.0 Å². The lowest BCUT2D eigenvalue weighted by molar-refractivity contribution is 0.0917. The summed E-state index contributed by atoms with van der Waals surface area (Å²) in [6.07, 6.45) is 7.95. The highest BCUT2D eigenvalue weighted by atomic mass is 32.2. The van der Waals surface area contributed by atoms with E-state index in [2.05, 4.69) is 5.32 Å². The molecule has 1 aromatic rings. The van der Waals surface area contributed by atoms with Crippen molar-refractivity contribution in [1.29, 1.82) is 0 Å². The summed E-state index contributed by atoms with van der Waals surface area (Å²) in [5.74, 6) is -0.219. The smallest absolute Gasteiger partial charge is 0.268 e. The Morgan fingerprint density at radius 1 is 1.16 bits per heavy atom. The van der Waals surface area contributed by atoms with Gasteiger partial charge in [0.15, 0.2) is 0 Å². The molecular formula is C17H28N4O3S. The second kappa shape index (κ2) is 7.47. The molecule has 25 heavy (non-hydrogen) atoms. The van der Waals surface area contributed by atoms with E-state index in [9.17, 15) is 13.2 Å². The Morgan fingerprint density at radius 2 is 1.80 bits per heavy atom. The summed E-state index contributed by atoms with van der Waals surface area (Å²) in [7, 11) is -1.81. The first-order valence-corrected chi connectivity index (χ1v) is 10.5. The maximum absolute atomic E-state index is 12.8.